The van der Waals surface area contributed by atoms with Gasteiger partial charge in [0.1, 0.15) is 11.5 Å². The SMILES string of the molecule is COC(=O)C1=C(C(=O)OC)N(c2ccc(Cl)c(-c3cnco3)c2)C(N)=C(C#N)C1c1ccccc1. The molecule has 0 aliphatic carbocycles. The number of nitriles is 1. The van der Waals surface area contributed by atoms with Crippen LogP contribution in [0.3, 0.4) is 0 Å². The van der Waals surface area contributed by atoms with Gasteiger partial charge < -0.3 is 19.6 Å². The fraction of sp³-hybridized carbons (Fsp3) is 0.120. The quantitative estimate of drug-likeness (QED) is 0.529. The Hall–Kier alpha value is -4.55. The summed E-state index contributed by atoms with van der Waals surface area (Å²) in [4.78, 5) is 31.4. The van der Waals surface area contributed by atoms with E-state index in [1.54, 1.807) is 48.5 Å². The Kier molecular flexibility index (Phi) is 6.57. The van der Waals surface area contributed by atoms with Crippen LogP contribution >= 0.6 is 11.6 Å². The number of ether oxygens (including phenoxy) is 2. The van der Waals surface area contributed by atoms with Gasteiger partial charge in [-0.1, -0.05) is 41.9 Å². The molecule has 0 saturated heterocycles. The van der Waals surface area contributed by atoms with Crippen LogP contribution in [0.4, 0.5) is 5.69 Å². The first kappa shape index (κ1) is 23.6. The van der Waals surface area contributed by atoms with Crippen LogP contribution in [0, 0.1) is 11.3 Å². The number of rotatable bonds is 5. The fourth-order valence-corrected chi connectivity index (χ4v) is 4.18. The third-order valence-electron chi connectivity index (χ3n) is 5.52. The van der Waals surface area contributed by atoms with Crippen LogP contribution in [0.1, 0.15) is 11.5 Å². The number of hydrogen-bond acceptors (Lipinski definition) is 9. The Bertz CT molecular complexity index is 1390. The predicted molar refractivity (Wildman–Crippen MR) is 126 cm³/mol. The minimum atomic E-state index is -0.958. The molecule has 1 aromatic heterocycles. The highest BCUT2D eigenvalue weighted by molar-refractivity contribution is 6.33. The summed E-state index contributed by atoms with van der Waals surface area (Å²) in [5, 5.41) is 10.5. The maximum absolute atomic E-state index is 13.1. The number of halogens is 1. The molecule has 4 rings (SSSR count). The molecule has 2 N–H and O–H groups in total. The predicted octanol–water partition coefficient (Wildman–Crippen LogP) is 3.89. The van der Waals surface area contributed by atoms with Crippen LogP contribution < -0.4 is 10.6 Å². The lowest BCUT2D eigenvalue weighted by Gasteiger charge is -2.36. The highest BCUT2D eigenvalue weighted by Gasteiger charge is 2.43. The molecule has 1 aliphatic heterocycles. The van der Waals surface area contributed by atoms with Crippen molar-refractivity contribution < 1.29 is 23.5 Å². The molecule has 1 atom stereocenters. The van der Waals surface area contributed by atoms with Gasteiger partial charge in [-0.05, 0) is 23.8 Å². The third-order valence-corrected chi connectivity index (χ3v) is 5.85. The first-order valence-electron chi connectivity index (χ1n) is 10.3. The Morgan fingerprint density at radius 3 is 2.46 bits per heavy atom. The average Bonchev–Trinajstić information content (AvgIpc) is 3.42. The highest BCUT2D eigenvalue weighted by atomic mass is 35.5. The van der Waals surface area contributed by atoms with Crippen molar-refractivity contribution in [2.75, 3.05) is 19.1 Å². The van der Waals surface area contributed by atoms with E-state index in [2.05, 4.69) is 11.1 Å². The Labute approximate surface area is 205 Å². The Morgan fingerprint density at radius 1 is 1.14 bits per heavy atom. The van der Waals surface area contributed by atoms with E-state index in [0.29, 0.717) is 27.6 Å². The van der Waals surface area contributed by atoms with Gasteiger partial charge in [0.05, 0.1) is 48.6 Å². The van der Waals surface area contributed by atoms with Crippen LogP contribution in [-0.4, -0.2) is 31.1 Å². The normalized spacial score (nSPS) is 15.6. The Morgan fingerprint density at radius 2 is 1.86 bits per heavy atom. The van der Waals surface area contributed by atoms with Gasteiger partial charge in [-0.2, -0.15) is 5.26 Å². The molecule has 0 spiro atoms. The zero-order valence-electron chi connectivity index (χ0n) is 18.7. The maximum atomic E-state index is 13.1. The summed E-state index contributed by atoms with van der Waals surface area (Å²) >= 11 is 6.37. The lowest BCUT2D eigenvalue weighted by atomic mass is 9.81. The molecule has 0 radical (unpaired) electrons. The molecular formula is C25H19ClN4O5. The molecule has 2 heterocycles. The molecule has 0 amide bonds. The van der Waals surface area contributed by atoms with Crippen molar-refractivity contribution in [3.8, 4) is 17.4 Å². The molecule has 176 valence electrons. The van der Waals surface area contributed by atoms with E-state index in [1.807, 2.05) is 0 Å². The summed E-state index contributed by atoms with van der Waals surface area (Å²) in [6, 6.07) is 15.6. The molecule has 0 saturated carbocycles. The number of allylic oxidation sites excluding steroid dienone is 1. The number of oxazole rings is 1. The number of esters is 2. The molecule has 0 fully saturated rings. The van der Waals surface area contributed by atoms with Gasteiger partial charge in [-0.15, -0.1) is 0 Å². The number of nitrogens with zero attached hydrogens (tertiary/aromatic N) is 3. The van der Waals surface area contributed by atoms with Crippen molar-refractivity contribution in [1.29, 1.82) is 5.26 Å². The summed E-state index contributed by atoms with van der Waals surface area (Å²) in [7, 11) is 2.37. The van der Waals surface area contributed by atoms with E-state index in [1.165, 1.54) is 31.7 Å². The van der Waals surface area contributed by atoms with Crippen LogP contribution in [0.15, 0.2) is 88.2 Å². The van der Waals surface area contributed by atoms with E-state index in [4.69, 9.17) is 31.2 Å². The van der Waals surface area contributed by atoms with Gasteiger partial charge in [0, 0.05) is 11.3 Å². The van der Waals surface area contributed by atoms with Crippen LogP contribution in [0.5, 0.6) is 0 Å². The summed E-state index contributed by atoms with van der Waals surface area (Å²) in [6.45, 7) is 0. The monoisotopic (exact) mass is 490 g/mol. The standard InChI is InChI=1S/C25H19ClN4O5/c1-33-24(31)21-20(14-6-4-3-5-7-14)17(11-27)23(28)30(22(21)25(32)34-2)15-8-9-18(26)16(10-15)19-12-29-13-35-19/h3-10,12-13,20H,28H2,1-2H3. The smallest absolute Gasteiger partial charge is 0.355 e. The lowest BCUT2D eigenvalue weighted by molar-refractivity contribution is -0.139. The van der Waals surface area contributed by atoms with Crippen molar-refractivity contribution in [3.63, 3.8) is 0 Å². The minimum absolute atomic E-state index is 0.0553. The number of nitrogens with two attached hydrogens (primary N) is 1. The van der Waals surface area contributed by atoms with Crippen LogP contribution in [-0.2, 0) is 19.1 Å². The lowest BCUT2D eigenvalue weighted by Crippen LogP contribution is -2.40. The zero-order valence-corrected chi connectivity index (χ0v) is 19.4. The third kappa shape index (κ3) is 4.11. The Balaban J connectivity index is 2.04. The van der Waals surface area contributed by atoms with Gasteiger partial charge in [0.15, 0.2) is 12.2 Å². The van der Waals surface area contributed by atoms with Gasteiger partial charge in [0.2, 0.25) is 0 Å². The topological polar surface area (TPSA) is 132 Å². The van der Waals surface area contributed by atoms with Crippen molar-refractivity contribution in [3.05, 3.63) is 94.4 Å². The number of anilines is 1. The zero-order chi connectivity index (χ0) is 25.1. The second-order valence-electron chi connectivity index (χ2n) is 7.37. The van der Waals surface area contributed by atoms with Crippen molar-refractivity contribution in [2.45, 2.75) is 5.92 Å². The van der Waals surface area contributed by atoms with Gasteiger partial charge >= 0.3 is 11.9 Å². The van der Waals surface area contributed by atoms with E-state index in [9.17, 15) is 14.9 Å². The van der Waals surface area contributed by atoms with Gasteiger partial charge in [-0.3, -0.25) is 4.90 Å². The van der Waals surface area contributed by atoms with Crippen molar-refractivity contribution >= 4 is 29.2 Å². The summed E-state index contributed by atoms with van der Waals surface area (Å²) < 4.78 is 15.4. The van der Waals surface area contributed by atoms with Crippen molar-refractivity contribution in [2.24, 2.45) is 5.73 Å². The van der Waals surface area contributed by atoms with Crippen molar-refractivity contribution in [1.82, 2.24) is 4.98 Å². The second-order valence-corrected chi connectivity index (χ2v) is 7.77. The number of carbonyl (C=O) groups excluding carboxylic acids is 2. The minimum Gasteiger partial charge on any atom is -0.466 e. The molecule has 10 heteroatoms. The molecule has 2 aromatic carbocycles. The maximum Gasteiger partial charge on any atom is 0.355 e. The summed E-state index contributed by atoms with van der Waals surface area (Å²) in [5.41, 5.74) is 7.66. The van der Waals surface area contributed by atoms with E-state index in [0.717, 1.165) is 0 Å². The number of hydrogen-bond donors (Lipinski definition) is 1. The number of aromatic nitrogens is 1. The second kappa shape index (κ2) is 9.75. The summed E-state index contributed by atoms with van der Waals surface area (Å²) in [6.07, 6.45) is 2.73. The van der Waals surface area contributed by atoms with Crippen LogP contribution in [0.2, 0.25) is 5.02 Å². The highest BCUT2D eigenvalue weighted by Crippen LogP contribution is 2.44. The molecule has 9 nitrogen and oxygen atoms in total. The first-order valence-corrected chi connectivity index (χ1v) is 10.6. The molecule has 0 bridgehead atoms. The van der Waals surface area contributed by atoms with Gasteiger partial charge in [-0.25, -0.2) is 14.6 Å². The number of benzene rings is 2. The van der Waals surface area contributed by atoms with E-state index < -0.39 is 17.9 Å². The van der Waals surface area contributed by atoms with Crippen LogP contribution in [0.25, 0.3) is 11.3 Å². The molecular weight excluding hydrogens is 472 g/mol. The fourth-order valence-electron chi connectivity index (χ4n) is 3.97. The van der Waals surface area contributed by atoms with Gasteiger partial charge in [0.25, 0.3) is 0 Å². The molecule has 35 heavy (non-hydrogen) atoms. The molecule has 3 aromatic rings. The van der Waals surface area contributed by atoms with E-state index in [-0.39, 0.29) is 22.7 Å². The summed E-state index contributed by atoms with van der Waals surface area (Å²) in [5.74, 6) is -2.30. The average molecular weight is 491 g/mol. The first-order chi connectivity index (χ1) is 16.9. The molecule has 1 aliphatic rings. The largest absolute Gasteiger partial charge is 0.466 e. The molecule has 1 unspecified atom stereocenters. The number of carbonyl (C=O) groups is 2. The van der Waals surface area contributed by atoms with E-state index >= 15 is 0 Å². The number of methoxy groups -OCH3 is 2.